The van der Waals surface area contributed by atoms with Gasteiger partial charge in [-0.3, -0.25) is 19.3 Å². The van der Waals surface area contributed by atoms with Gasteiger partial charge < -0.3 is 14.8 Å². The third kappa shape index (κ3) is 5.43. The van der Waals surface area contributed by atoms with E-state index in [0.29, 0.717) is 22.7 Å². The number of benzene rings is 2. The molecular weight excluding hydrogens is 423 g/mol. The fourth-order valence-electron chi connectivity index (χ4n) is 2.65. The second-order valence-electron chi connectivity index (χ2n) is 6.23. The van der Waals surface area contributed by atoms with Crippen molar-refractivity contribution in [2.45, 2.75) is 0 Å². The first-order valence-corrected chi connectivity index (χ1v) is 9.78. The summed E-state index contributed by atoms with van der Waals surface area (Å²) in [4.78, 5) is 37.4. The zero-order chi connectivity index (χ0) is 22.4. The van der Waals surface area contributed by atoms with Crippen LogP contribution in [0.4, 0.5) is 14.9 Å². The Labute approximate surface area is 182 Å². The van der Waals surface area contributed by atoms with E-state index in [0.717, 1.165) is 16.7 Å². The second kappa shape index (κ2) is 9.82. The third-order valence-electron chi connectivity index (χ3n) is 4.10. The minimum absolute atomic E-state index is 0.0852. The molecule has 0 radical (unpaired) electrons. The first-order valence-electron chi connectivity index (χ1n) is 8.96. The quantitative estimate of drug-likeness (QED) is 0.524. The molecule has 0 spiro atoms. The largest absolute Gasteiger partial charge is 0.493 e. The highest BCUT2D eigenvalue weighted by Gasteiger charge is 2.34. The van der Waals surface area contributed by atoms with Gasteiger partial charge in [0.1, 0.15) is 5.82 Å². The molecule has 2 aromatic carbocycles. The molecule has 1 aliphatic rings. The van der Waals surface area contributed by atoms with Crippen molar-refractivity contribution in [3.05, 3.63) is 58.8 Å². The molecule has 9 heteroatoms. The normalized spacial score (nSPS) is 14.5. The second-order valence-corrected chi connectivity index (χ2v) is 7.22. The number of amides is 3. The highest BCUT2D eigenvalue weighted by atomic mass is 32.2. The number of rotatable bonds is 7. The molecule has 31 heavy (non-hydrogen) atoms. The van der Waals surface area contributed by atoms with Crippen molar-refractivity contribution in [2.75, 3.05) is 25.6 Å². The predicted molar refractivity (Wildman–Crippen MR) is 115 cm³/mol. The molecule has 1 heterocycles. The van der Waals surface area contributed by atoms with Gasteiger partial charge in [0.15, 0.2) is 18.1 Å². The maximum Gasteiger partial charge on any atom is 0.294 e. The first kappa shape index (κ1) is 21.9. The van der Waals surface area contributed by atoms with Crippen LogP contribution in [0.5, 0.6) is 11.5 Å². The molecule has 3 amide bonds. The van der Waals surface area contributed by atoms with E-state index in [-0.39, 0.29) is 18.1 Å². The van der Waals surface area contributed by atoms with Gasteiger partial charge in [-0.1, -0.05) is 12.0 Å². The van der Waals surface area contributed by atoms with E-state index in [1.165, 1.54) is 31.4 Å². The van der Waals surface area contributed by atoms with Crippen LogP contribution in [0.1, 0.15) is 5.56 Å². The molecule has 1 aliphatic heterocycles. The predicted octanol–water partition coefficient (Wildman–Crippen LogP) is 3.52. The van der Waals surface area contributed by atoms with Crippen LogP contribution in [0.25, 0.3) is 6.08 Å². The standard InChI is InChI=1S/C22H17FN2O5S/c1-3-10-25-21(27)19(31-22(25)28)12-14-4-9-17(18(11-14)29-2)30-13-20(26)24-16-7-5-15(23)6-8-16/h1,4-9,11-12H,10,13H2,2H3,(H,24,26)/b19-12+. The highest BCUT2D eigenvalue weighted by molar-refractivity contribution is 8.18. The van der Waals surface area contributed by atoms with E-state index in [4.69, 9.17) is 15.9 Å². The summed E-state index contributed by atoms with van der Waals surface area (Å²) in [5, 5.41) is 2.17. The van der Waals surface area contributed by atoms with Crippen molar-refractivity contribution >= 4 is 40.6 Å². The lowest BCUT2D eigenvalue weighted by Crippen LogP contribution is -2.28. The van der Waals surface area contributed by atoms with Crippen molar-refractivity contribution in [1.82, 2.24) is 4.90 Å². The van der Waals surface area contributed by atoms with E-state index in [9.17, 15) is 18.8 Å². The lowest BCUT2D eigenvalue weighted by atomic mass is 10.2. The number of hydrogen-bond donors (Lipinski definition) is 1. The van der Waals surface area contributed by atoms with Gasteiger partial charge in [0.2, 0.25) is 0 Å². The van der Waals surface area contributed by atoms with Gasteiger partial charge in [-0.2, -0.15) is 0 Å². The zero-order valence-corrected chi connectivity index (χ0v) is 17.2. The van der Waals surface area contributed by atoms with Crippen LogP contribution in [0.15, 0.2) is 47.4 Å². The number of terminal acetylenes is 1. The van der Waals surface area contributed by atoms with E-state index >= 15 is 0 Å². The minimum Gasteiger partial charge on any atom is -0.493 e. The number of halogens is 1. The molecule has 1 fully saturated rings. The Morgan fingerprint density at radius 2 is 1.97 bits per heavy atom. The van der Waals surface area contributed by atoms with Gasteiger partial charge in [-0.15, -0.1) is 6.42 Å². The summed E-state index contributed by atoms with van der Waals surface area (Å²) in [7, 11) is 1.44. The summed E-state index contributed by atoms with van der Waals surface area (Å²) < 4.78 is 23.7. The Morgan fingerprint density at radius 1 is 1.23 bits per heavy atom. The van der Waals surface area contributed by atoms with Crippen LogP contribution >= 0.6 is 11.8 Å². The van der Waals surface area contributed by atoms with Crippen molar-refractivity contribution in [3.63, 3.8) is 0 Å². The van der Waals surface area contributed by atoms with Gasteiger partial charge in [0.25, 0.3) is 17.1 Å². The van der Waals surface area contributed by atoms with Gasteiger partial charge in [-0.25, -0.2) is 4.39 Å². The number of nitrogens with one attached hydrogen (secondary N) is 1. The maximum atomic E-state index is 12.9. The molecule has 7 nitrogen and oxygen atoms in total. The molecule has 0 aromatic heterocycles. The van der Waals surface area contributed by atoms with Crippen molar-refractivity contribution < 1.29 is 28.2 Å². The minimum atomic E-state index is -0.454. The van der Waals surface area contributed by atoms with Gasteiger partial charge >= 0.3 is 0 Å². The topological polar surface area (TPSA) is 84.9 Å². The Hall–Kier alpha value is -3.77. The molecule has 3 rings (SSSR count). The van der Waals surface area contributed by atoms with E-state index in [2.05, 4.69) is 11.2 Å². The molecule has 0 unspecified atom stereocenters. The Morgan fingerprint density at radius 3 is 2.65 bits per heavy atom. The number of methoxy groups -OCH3 is 1. The number of nitrogens with zero attached hydrogens (tertiary/aromatic N) is 1. The average Bonchev–Trinajstić information content (AvgIpc) is 3.02. The zero-order valence-electron chi connectivity index (χ0n) is 16.4. The van der Waals surface area contributed by atoms with Crippen LogP contribution < -0.4 is 14.8 Å². The number of imide groups is 1. The number of thioether (sulfide) groups is 1. The smallest absolute Gasteiger partial charge is 0.294 e. The molecule has 1 saturated heterocycles. The first-order chi connectivity index (χ1) is 14.9. The number of carbonyl (C=O) groups excluding carboxylic acids is 3. The Kier molecular flexibility index (Phi) is 6.95. The average molecular weight is 440 g/mol. The summed E-state index contributed by atoms with van der Waals surface area (Å²) in [6.45, 7) is -0.379. The fraction of sp³-hybridized carbons (Fsp3) is 0.136. The Balaban J connectivity index is 1.67. The molecule has 0 atom stereocenters. The molecule has 0 aliphatic carbocycles. The molecule has 158 valence electrons. The Bertz CT molecular complexity index is 1090. The SMILES string of the molecule is C#CCN1C(=O)S/C(=C/c2ccc(OCC(=O)Nc3ccc(F)cc3)c(OC)c2)C1=O. The van der Waals surface area contributed by atoms with E-state index in [1.54, 1.807) is 24.3 Å². The molecule has 2 aromatic rings. The van der Waals surface area contributed by atoms with Gasteiger partial charge in [0, 0.05) is 5.69 Å². The van der Waals surface area contributed by atoms with Crippen LogP contribution in [-0.2, 0) is 9.59 Å². The highest BCUT2D eigenvalue weighted by Crippen LogP contribution is 2.34. The summed E-state index contributed by atoms with van der Waals surface area (Å²) in [5.41, 5.74) is 1.04. The van der Waals surface area contributed by atoms with Crippen LogP contribution in [-0.4, -0.2) is 42.2 Å². The van der Waals surface area contributed by atoms with Crippen molar-refractivity contribution in [3.8, 4) is 23.8 Å². The van der Waals surface area contributed by atoms with Gasteiger partial charge in [-0.05, 0) is 59.8 Å². The fourth-order valence-corrected chi connectivity index (χ4v) is 3.48. The number of ether oxygens (including phenoxy) is 2. The van der Waals surface area contributed by atoms with Crippen LogP contribution in [0.2, 0.25) is 0 Å². The maximum absolute atomic E-state index is 12.9. The summed E-state index contributed by atoms with van der Waals surface area (Å²) in [6, 6.07) is 10.2. The van der Waals surface area contributed by atoms with Crippen LogP contribution in [0.3, 0.4) is 0 Å². The third-order valence-corrected chi connectivity index (χ3v) is 5.00. The van der Waals surface area contributed by atoms with Crippen LogP contribution in [0, 0.1) is 18.2 Å². The van der Waals surface area contributed by atoms with E-state index in [1.807, 2.05) is 0 Å². The number of hydrogen-bond acceptors (Lipinski definition) is 6. The summed E-state index contributed by atoms with van der Waals surface area (Å²) in [6.07, 6.45) is 6.74. The lowest BCUT2D eigenvalue weighted by molar-refractivity contribution is -0.122. The summed E-state index contributed by atoms with van der Waals surface area (Å²) in [5.74, 6) is 1.64. The van der Waals surface area contributed by atoms with Crippen molar-refractivity contribution in [1.29, 1.82) is 0 Å². The molecular formula is C22H17FN2O5S. The lowest BCUT2D eigenvalue weighted by Gasteiger charge is -2.12. The number of anilines is 1. The van der Waals surface area contributed by atoms with E-state index < -0.39 is 22.9 Å². The number of carbonyl (C=O) groups is 3. The molecule has 0 saturated carbocycles. The molecule has 0 bridgehead atoms. The summed E-state index contributed by atoms with van der Waals surface area (Å²) >= 11 is 0.805. The van der Waals surface area contributed by atoms with Gasteiger partial charge in [0.05, 0.1) is 18.6 Å². The monoisotopic (exact) mass is 440 g/mol. The van der Waals surface area contributed by atoms with Crippen molar-refractivity contribution in [2.24, 2.45) is 0 Å². The molecule has 1 N–H and O–H groups in total.